The third-order valence-corrected chi connectivity index (χ3v) is 3.31. The second kappa shape index (κ2) is 7.74. The van der Waals surface area contributed by atoms with Crippen molar-refractivity contribution in [2.75, 3.05) is 17.6 Å². The number of aromatic carboxylic acids is 1. The molecular weight excluding hydrogens is 326 g/mol. The third-order valence-electron chi connectivity index (χ3n) is 3.31. The molecule has 1 heterocycles. The molecule has 9 heteroatoms. The lowest BCUT2D eigenvalue weighted by Gasteiger charge is -2.08. The summed E-state index contributed by atoms with van der Waals surface area (Å²) in [4.78, 5) is 29.2. The molecule has 1 aromatic heterocycles. The van der Waals surface area contributed by atoms with Gasteiger partial charge >= 0.3 is 11.7 Å². The first-order valence-electron chi connectivity index (χ1n) is 7.22. The molecule has 0 saturated heterocycles. The van der Waals surface area contributed by atoms with E-state index in [-0.39, 0.29) is 29.4 Å². The number of hydrogen-bond acceptors (Lipinski definition) is 7. The van der Waals surface area contributed by atoms with Gasteiger partial charge in [-0.1, -0.05) is 12.1 Å². The van der Waals surface area contributed by atoms with Gasteiger partial charge in [-0.2, -0.15) is 4.98 Å². The van der Waals surface area contributed by atoms with Crippen molar-refractivity contribution >= 4 is 23.4 Å². The number of nitro groups is 1. The smallest absolute Gasteiger partial charge is 0.335 e. The van der Waals surface area contributed by atoms with Gasteiger partial charge in [-0.25, -0.2) is 9.78 Å². The molecule has 0 aliphatic carbocycles. The van der Waals surface area contributed by atoms with Crippen LogP contribution in [0, 0.1) is 22.5 Å². The molecule has 128 valence electrons. The van der Waals surface area contributed by atoms with Crippen LogP contribution in [0.1, 0.15) is 21.6 Å². The second-order valence-electron chi connectivity index (χ2n) is 5.05. The van der Waals surface area contributed by atoms with Crippen molar-refractivity contribution in [1.82, 2.24) is 9.97 Å². The van der Waals surface area contributed by atoms with Crippen LogP contribution in [0.4, 0.5) is 17.5 Å². The highest BCUT2D eigenvalue weighted by atomic mass is 16.6. The van der Waals surface area contributed by atoms with Crippen molar-refractivity contribution in [1.29, 1.82) is 0 Å². The minimum Gasteiger partial charge on any atom is -0.478 e. The van der Waals surface area contributed by atoms with Gasteiger partial charge in [0, 0.05) is 6.54 Å². The quantitative estimate of drug-likeness (QED) is 0.390. The number of nitrogens with two attached hydrogens (primary N) is 1. The molecule has 2 aromatic rings. The third kappa shape index (κ3) is 4.42. The van der Waals surface area contributed by atoms with Gasteiger partial charge in [-0.05, 0) is 24.1 Å². The molecule has 0 fully saturated rings. The van der Waals surface area contributed by atoms with E-state index in [9.17, 15) is 14.9 Å². The predicted molar refractivity (Wildman–Crippen MR) is 91.2 cm³/mol. The fourth-order valence-corrected chi connectivity index (χ4v) is 2.20. The van der Waals surface area contributed by atoms with Crippen LogP contribution >= 0.6 is 0 Å². The summed E-state index contributed by atoms with van der Waals surface area (Å²) >= 11 is 0. The summed E-state index contributed by atoms with van der Waals surface area (Å²) in [5.74, 6) is 1.16. The lowest BCUT2D eigenvalue weighted by atomic mass is 10.1. The zero-order valence-corrected chi connectivity index (χ0v) is 13.1. The van der Waals surface area contributed by atoms with Crippen LogP contribution in [0.5, 0.6) is 0 Å². The van der Waals surface area contributed by atoms with Crippen LogP contribution in [-0.2, 0) is 12.8 Å². The topological polar surface area (TPSA) is 144 Å². The first-order valence-corrected chi connectivity index (χ1v) is 7.22. The fourth-order valence-electron chi connectivity index (χ4n) is 2.20. The number of carboxylic acids is 1. The molecule has 25 heavy (non-hydrogen) atoms. The van der Waals surface area contributed by atoms with E-state index in [4.69, 9.17) is 17.3 Å². The molecule has 0 saturated carbocycles. The standard InChI is InChI=1S/C16H15N5O4/c1-2-4-12-13(21(24)25)14(17)20-16(19-12)18-8-7-10-5-3-6-11(9-10)15(22)23/h1,3,5-6,9H,4,7-8H2,(H,22,23)(H3,17,18,19,20). The summed E-state index contributed by atoms with van der Waals surface area (Å²) in [6.45, 7) is 0.385. The number of nitrogen functional groups attached to an aromatic ring is 1. The van der Waals surface area contributed by atoms with Gasteiger partial charge in [0.2, 0.25) is 11.8 Å². The Morgan fingerprint density at radius 2 is 2.20 bits per heavy atom. The Balaban J connectivity index is 2.11. The number of anilines is 2. The maximum absolute atomic E-state index is 11.0. The van der Waals surface area contributed by atoms with E-state index >= 15 is 0 Å². The Bertz CT molecular complexity index is 860. The van der Waals surface area contributed by atoms with Crippen LogP contribution in [-0.4, -0.2) is 32.5 Å². The fraction of sp³-hybridized carbons (Fsp3) is 0.188. The summed E-state index contributed by atoms with van der Waals surface area (Å²) in [6.07, 6.45) is 5.66. The summed E-state index contributed by atoms with van der Waals surface area (Å²) in [6, 6.07) is 6.53. The minimum atomic E-state index is -1.000. The lowest BCUT2D eigenvalue weighted by Crippen LogP contribution is -2.13. The number of carboxylic acid groups (broad SMARTS) is 1. The minimum absolute atomic E-state index is 0.0433. The molecule has 2 rings (SSSR count). The Hall–Kier alpha value is -3.67. The van der Waals surface area contributed by atoms with E-state index < -0.39 is 16.6 Å². The number of terminal acetylenes is 1. The van der Waals surface area contributed by atoms with Crippen molar-refractivity contribution < 1.29 is 14.8 Å². The van der Waals surface area contributed by atoms with Gasteiger partial charge in [-0.3, -0.25) is 10.1 Å². The highest BCUT2D eigenvalue weighted by Gasteiger charge is 2.22. The molecule has 0 amide bonds. The van der Waals surface area contributed by atoms with E-state index in [1.54, 1.807) is 18.2 Å². The molecule has 0 aliphatic rings. The molecule has 0 radical (unpaired) electrons. The number of nitrogens with zero attached hydrogens (tertiary/aromatic N) is 3. The first-order chi connectivity index (χ1) is 11.9. The van der Waals surface area contributed by atoms with Crippen molar-refractivity contribution in [3.05, 3.63) is 51.2 Å². The predicted octanol–water partition coefficient (Wildman–Crippen LogP) is 1.50. The molecule has 0 atom stereocenters. The van der Waals surface area contributed by atoms with Gasteiger partial charge in [-0.15, -0.1) is 12.3 Å². The SMILES string of the molecule is C#CCc1nc(NCCc2cccc(C(=O)O)c2)nc(N)c1[N+](=O)[O-]. The zero-order valence-electron chi connectivity index (χ0n) is 13.1. The Morgan fingerprint density at radius 1 is 1.44 bits per heavy atom. The molecule has 0 bridgehead atoms. The van der Waals surface area contributed by atoms with Crippen LogP contribution in [0.15, 0.2) is 24.3 Å². The van der Waals surface area contributed by atoms with Gasteiger partial charge < -0.3 is 16.2 Å². The van der Waals surface area contributed by atoms with Crippen molar-refractivity contribution in [2.45, 2.75) is 12.8 Å². The van der Waals surface area contributed by atoms with Crippen LogP contribution < -0.4 is 11.1 Å². The first kappa shape index (κ1) is 17.7. The average molecular weight is 341 g/mol. The van der Waals surface area contributed by atoms with Gasteiger partial charge in [0.15, 0.2) is 0 Å². The largest absolute Gasteiger partial charge is 0.478 e. The number of nitrogens with one attached hydrogen (secondary N) is 1. The highest BCUT2D eigenvalue weighted by molar-refractivity contribution is 5.87. The van der Waals surface area contributed by atoms with Gasteiger partial charge in [0.05, 0.1) is 16.9 Å². The number of rotatable bonds is 7. The van der Waals surface area contributed by atoms with Gasteiger partial charge in [0.1, 0.15) is 5.69 Å². The summed E-state index contributed by atoms with van der Waals surface area (Å²) < 4.78 is 0. The maximum atomic E-state index is 11.0. The number of benzene rings is 1. The van der Waals surface area contributed by atoms with Crippen molar-refractivity contribution in [3.63, 3.8) is 0 Å². The number of hydrogen-bond donors (Lipinski definition) is 3. The molecule has 0 aliphatic heterocycles. The Kier molecular flexibility index (Phi) is 5.47. The van der Waals surface area contributed by atoms with E-state index in [1.165, 1.54) is 6.07 Å². The molecule has 0 unspecified atom stereocenters. The highest BCUT2D eigenvalue weighted by Crippen LogP contribution is 2.24. The van der Waals surface area contributed by atoms with Crippen molar-refractivity contribution in [2.24, 2.45) is 0 Å². The molecule has 1 aromatic carbocycles. The number of aromatic nitrogens is 2. The Labute approximate surface area is 143 Å². The Morgan fingerprint density at radius 3 is 2.84 bits per heavy atom. The van der Waals surface area contributed by atoms with Crippen LogP contribution in [0.25, 0.3) is 0 Å². The summed E-state index contributed by atoms with van der Waals surface area (Å²) in [7, 11) is 0. The average Bonchev–Trinajstić information content (AvgIpc) is 2.54. The van der Waals surface area contributed by atoms with E-state index in [0.29, 0.717) is 13.0 Å². The van der Waals surface area contributed by atoms with Crippen molar-refractivity contribution in [3.8, 4) is 12.3 Å². The van der Waals surface area contributed by atoms with Crippen LogP contribution in [0.2, 0.25) is 0 Å². The molecule has 4 N–H and O–H groups in total. The maximum Gasteiger partial charge on any atom is 0.335 e. The zero-order chi connectivity index (χ0) is 18.4. The molecule has 0 spiro atoms. The molecule has 9 nitrogen and oxygen atoms in total. The monoisotopic (exact) mass is 341 g/mol. The second-order valence-corrected chi connectivity index (χ2v) is 5.05. The number of carbonyl (C=O) groups is 1. The molecular formula is C16H15N5O4. The van der Waals surface area contributed by atoms with Gasteiger partial charge in [0.25, 0.3) is 0 Å². The summed E-state index contributed by atoms with van der Waals surface area (Å²) in [5.41, 5.74) is 6.31. The van der Waals surface area contributed by atoms with Crippen LogP contribution in [0.3, 0.4) is 0 Å². The van der Waals surface area contributed by atoms with E-state index in [0.717, 1.165) is 5.56 Å². The summed E-state index contributed by atoms with van der Waals surface area (Å²) in [5, 5.41) is 22.9. The van der Waals surface area contributed by atoms with E-state index in [2.05, 4.69) is 21.2 Å². The van der Waals surface area contributed by atoms with E-state index in [1.807, 2.05) is 0 Å². The normalized spacial score (nSPS) is 10.0. The lowest BCUT2D eigenvalue weighted by molar-refractivity contribution is -0.385.